The molecule has 0 amide bonds. The molecule has 4 heteroatoms. The number of anilines is 1. The van der Waals surface area contributed by atoms with Gasteiger partial charge in [-0.25, -0.2) is 14.4 Å². The number of benzene rings is 2. The third-order valence-corrected chi connectivity index (χ3v) is 3.32. The van der Waals surface area contributed by atoms with Gasteiger partial charge in [-0.15, -0.1) is 0 Å². The van der Waals surface area contributed by atoms with Crippen molar-refractivity contribution in [1.82, 2.24) is 9.97 Å². The largest absolute Gasteiger partial charge is 0.365 e. The Hall–Kier alpha value is -2.49. The van der Waals surface area contributed by atoms with Crippen molar-refractivity contribution >= 4 is 16.7 Å². The van der Waals surface area contributed by atoms with E-state index in [4.69, 9.17) is 0 Å². The van der Waals surface area contributed by atoms with Crippen LogP contribution in [0.3, 0.4) is 0 Å². The van der Waals surface area contributed by atoms with E-state index in [9.17, 15) is 4.39 Å². The van der Waals surface area contributed by atoms with Gasteiger partial charge in [0.2, 0.25) is 0 Å². The van der Waals surface area contributed by atoms with Crippen LogP contribution in [0.4, 0.5) is 10.2 Å². The molecular formula is C16H14FN3. The zero-order valence-electron chi connectivity index (χ0n) is 11.1. The van der Waals surface area contributed by atoms with E-state index >= 15 is 0 Å². The van der Waals surface area contributed by atoms with Gasteiger partial charge in [-0.2, -0.15) is 0 Å². The first-order chi connectivity index (χ1) is 9.75. The van der Waals surface area contributed by atoms with Crippen molar-refractivity contribution in [2.24, 2.45) is 0 Å². The maximum Gasteiger partial charge on any atom is 0.149 e. The predicted molar refractivity (Wildman–Crippen MR) is 78.0 cm³/mol. The third-order valence-electron chi connectivity index (χ3n) is 3.32. The number of hydrogen-bond acceptors (Lipinski definition) is 3. The van der Waals surface area contributed by atoms with Crippen molar-refractivity contribution in [3.05, 3.63) is 65.7 Å². The van der Waals surface area contributed by atoms with Crippen molar-refractivity contribution in [3.63, 3.8) is 0 Å². The van der Waals surface area contributed by atoms with Gasteiger partial charge in [0.05, 0.1) is 0 Å². The molecule has 0 atom stereocenters. The van der Waals surface area contributed by atoms with Gasteiger partial charge in [-0.1, -0.05) is 30.3 Å². The number of para-hydroxylation sites is 1. The topological polar surface area (TPSA) is 37.8 Å². The Morgan fingerprint density at radius 3 is 2.75 bits per heavy atom. The molecule has 0 aliphatic carbocycles. The van der Waals surface area contributed by atoms with Crippen molar-refractivity contribution in [1.29, 1.82) is 0 Å². The van der Waals surface area contributed by atoms with Crippen LogP contribution in [-0.4, -0.2) is 9.97 Å². The maximum absolute atomic E-state index is 13.7. The van der Waals surface area contributed by atoms with Gasteiger partial charge in [-0.3, -0.25) is 0 Å². The molecule has 0 spiro atoms. The molecule has 1 aromatic heterocycles. The summed E-state index contributed by atoms with van der Waals surface area (Å²) in [6.45, 7) is 2.71. The third kappa shape index (κ3) is 2.32. The monoisotopic (exact) mass is 267 g/mol. The Morgan fingerprint density at radius 1 is 1.05 bits per heavy atom. The fraction of sp³-hybridized carbons (Fsp3) is 0.125. The second-order valence-electron chi connectivity index (χ2n) is 4.64. The summed E-state index contributed by atoms with van der Waals surface area (Å²) in [6.07, 6.45) is 1.38. The number of aromatic nitrogens is 2. The molecule has 0 bridgehead atoms. The highest BCUT2D eigenvalue weighted by atomic mass is 19.1. The van der Waals surface area contributed by atoms with Gasteiger partial charge in [0.25, 0.3) is 0 Å². The number of nitrogens with zero attached hydrogens (tertiary/aromatic N) is 2. The highest BCUT2D eigenvalue weighted by Crippen LogP contribution is 2.22. The minimum Gasteiger partial charge on any atom is -0.365 e. The van der Waals surface area contributed by atoms with Crippen molar-refractivity contribution in [2.75, 3.05) is 5.32 Å². The average molecular weight is 267 g/mol. The number of hydrogen-bond donors (Lipinski definition) is 1. The summed E-state index contributed by atoms with van der Waals surface area (Å²) < 4.78 is 13.7. The number of aryl methyl sites for hydroxylation is 1. The first-order valence-corrected chi connectivity index (χ1v) is 6.43. The highest BCUT2D eigenvalue weighted by Gasteiger charge is 2.07. The molecule has 0 saturated carbocycles. The summed E-state index contributed by atoms with van der Waals surface area (Å²) in [5.41, 5.74) is 2.75. The number of fused-ring (bicyclic) bond motifs is 1. The molecule has 0 radical (unpaired) electrons. The maximum atomic E-state index is 13.7. The smallest absolute Gasteiger partial charge is 0.149 e. The lowest BCUT2D eigenvalue weighted by molar-refractivity contribution is 0.636. The SMILES string of the molecule is Cc1ccccc1CNc1ncnc2c(F)cccc12. The molecule has 20 heavy (non-hydrogen) atoms. The molecule has 0 saturated heterocycles. The first kappa shape index (κ1) is 12.5. The van der Waals surface area contributed by atoms with Crippen molar-refractivity contribution < 1.29 is 4.39 Å². The van der Waals surface area contributed by atoms with E-state index in [-0.39, 0.29) is 5.82 Å². The summed E-state index contributed by atoms with van der Waals surface area (Å²) in [5.74, 6) is 0.321. The normalized spacial score (nSPS) is 10.7. The second kappa shape index (κ2) is 5.25. The van der Waals surface area contributed by atoms with Crippen molar-refractivity contribution in [2.45, 2.75) is 13.5 Å². The molecule has 2 aromatic carbocycles. The first-order valence-electron chi connectivity index (χ1n) is 6.43. The van der Waals surface area contributed by atoms with Gasteiger partial charge in [0.1, 0.15) is 23.5 Å². The highest BCUT2D eigenvalue weighted by molar-refractivity contribution is 5.89. The molecule has 3 rings (SSSR count). The van der Waals surface area contributed by atoms with Crippen LogP contribution in [-0.2, 0) is 6.54 Å². The fourth-order valence-electron chi connectivity index (χ4n) is 2.18. The second-order valence-corrected chi connectivity index (χ2v) is 4.64. The van der Waals surface area contributed by atoms with Gasteiger partial charge in [0, 0.05) is 11.9 Å². The van der Waals surface area contributed by atoms with Gasteiger partial charge < -0.3 is 5.32 Å². The molecule has 3 aromatic rings. The lowest BCUT2D eigenvalue weighted by atomic mass is 10.1. The summed E-state index contributed by atoms with van der Waals surface area (Å²) >= 11 is 0. The lowest BCUT2D eigenvalue weighted by Gasteiger charge is -2.10. The Balaban J connectivity index is 1.92. The van der Waals surface area contributed by atoms with E-state index < -0.39 is 0 Å². The van der Waals surface area contributed by atoms with E-state index in [0.29, 0.717) is 23.3 Å². The van der Waals surface area contributed by atoms with Crippen LogP contribution in [0.15, 0.2) is 48.8 Å². The molecule has 0 fully saturated rings. The quantitative estimate of drug-likeness (QED) is 0.786. The van der Waals surface area contributed by atoms with E-state index in [1.54, 1.807) is 6.07 Å². The van der Waals surface area contributed by atoms with Crippen LogP contribution in [0.5, 0.6) is 0 Å². The summed E-state index contributed by atoms with van der Waals surface area (Å²) in [7, 11) is 0. The Kier molecular flexibility index (Phi) is 3.29. The van der Waals surface area contributed by atoms with Crippen LogP contribution in [0.25, 0.3) is 10.9 Å². The van der Waals surface area contributed by atoms with Gasteiger partial charge in [-0.05, 0) is 30.2 Å². The molecule has 1 heterocycles. The van der Waals surface area contributed by atoms with Gasteiger partial charge >= 0.3 is 0 Å². The standard InChI is InChI=1S/C16H14FN3/c1-11-5-2-3-6-12(11)9-18-16-13-7-4-8-14(17)15(13)19-10-20-16/h2-8,10H,9H2,1H3,(H,18,19,20). The van der Waals surface area contributed by atoms with Crippen molar-refractivity contribution in [3.8, 4) is 0 Å². The van der Waals surface area contributed by atoms with Crippen LogP contribution in [0, 0.1) is 12.7 Å². The van der Waals surface area contributed by atoms with Crippen LogP contribution in [0.1, 0.15) is 11.1 Å². The molecule has 1 N–H and O–H groups in total. The van der Waals surface area contributed by atoms with Crippen LogP contribution < -0.4 is 5.32 Å². The summed E-state index contributed by atoms with van der Waals surface area (Å²) in [5, 5.41) is 3.95. The zero-order valence-corrected chi connectivity index (χ0v) is 11.1. The number of halogens is 1. The molecule has 0 aliphatic heterocycles. The van der Waals surface area contributed by atoms with Crippen LogP contribution >= 0.6 is 0 Å². The minimum atomic E-state index is -0.330. The molecule has 0 unspecified atom stereocenters. The van der Waals surface area contributed by atoms with E-state index in [2.05, 4.69) is 34.3 Å². The lowest BCUT2D eigenvalue weighted by Crippen LogP contribution is -2.04. The van der Waals surface area contributed by atoms with Gasteiger partial charge in [0.15, 0.2) is 0 Å². The summed E-state index contributed by atoms with van der Waals surface area (Å²) in [4.78, 5) is 8.19. The summed E-state index contributed by atoms with van der Waals surface area (Å²) in [6, 6.07) is 13.0. The Labute approximate surface area is 116 Å². The Bertz CT molecular complexity index is 756. The van der Waals surface area contributed by atoms with E-state index in [1.165, 1.54) is 23.5 Å². The average Bonchev–Trinajstić information content (AvgIpc) is 2.47. The fourth-order valence-corrected chi connectivity index (χ4v) is 2.18. The molecule has 3 nitrogen and oxygen atoms in total. The van der Waals surface area contributed by atoms with E-state index in [1.807, 2.05) is 18.2 Å². The predicted octanol–water partition coefficient (Wildman–Crippen LogP) is 3.69. The number of rotatable bonds is 3. The Morgan fingerprint density at radius 2 is 1.90 bits per heavy atom. The van der Waals surface area contributed by atoms with Crippen LogP contribution in [0.2, 0.25) is 0 Å². The molecule has 0 aliphatic rings. The molecular weight excluding hydrogens is 253 g/mol. The van der Waals surface area contributed by atoms with E-state index in [0.717, 1.165) is 0 Å². The zero-order chi connectivity index (χ0) is 13.9. The molecule has 100 valence electrons. The number of nitrogens with one attached hydrogen (secondary N) is 1. The minimum absolute atomic E-state index is 0.330.